The van der Waals surface area contributed by atoms with Crippen molar-refractivity contribution in [3.8, 4) is 11.5 Å². The molecule has 0 radical (unpaired) electrons. The van der Waals surface area contributed by atoms with Crippen LogP contribution in [0.5, 0.6) is 11.5 Å². The Labute approximate surface area is 162 Å². The Balaban J connectivity index is 1.70. The van der Waals surface area contributed by atoms with Gasteiger partial charge in [-0.3, -0.25) is 0 Å². The molecule has 2 unspecified atom stereocenters. The molecule has 3 aliphatic heterocycles. The summed E-state index contributed by atoms with van der Waals surface area (Å²) >= 11 is 10.2. The van der Waals surface area contributed by atoms with Crippen LogP contribution in [0.2, 0.25) is 0 Å². The number of methoxy groups -OCH3 is 2. The summed E-state index contributed by atoms with van der Waals surface area (Å²) in [6, 6.07) is 16.7. The van der Waals surface area contributed by atoms with Crippen molar-refractivity contribution in [3.63, 3.8) is 0 Å². The van der Waals surface area contributed by atoms with Crippen molar-refractivity contribution in [2.75, 3.05) is 14.2 Å². The maximum Gasteiger partial charge on any atom is 0.118 e. The molecular weight excluding hydrogens is 395 g/mol. The van der Waals surface area contributed by atoms with E-state index in [1.807, 2.05) is 45.9 Å². The Morgan fingerprint density at radius 3 is 1.50 bits per heavy atom. The maximum atomic E-state index is 5.29. The zero-order valence-corrected chi connectivity index (χ0v) is 17.5. The molecule has 0 spiro atoms. The average Bonchev–Trinajstić information content (AvgIpc) is 3.14. The largest absolute Gasteiger partial charge is 0.497 e. The van der Waals surface area contributed by atoms with Crippen LogP contribution in [0.1, 0.15) is 11.1 Å². The van der Waals surface area contributed by atoms with Gasteiger partial charge < -0.3 is 9.47 Å². The van der Waals surface area contributed by atoms with Gasteiger partial charge in [0.25, 0.3) is 0 Å². The molecule has 5 rings (SSSR count). The van der Waals surface area contributed by atoms with Crippen LogP contribution < -0.4 is 9.47 Å². The number of benzene rings is 2. The van der Waals surface area contributed by atoms with Crippen molar-refractivity contribution in [2.45, 2.75) is 14.2 Å². The van der Waals surface area contributed by atoms with Crippen LogP contribution in [0.15, 0.2) is 48.5 Å². The van der Waals surface area contributed by atoms with Crippen LogP contribution >= 0.6 is 53.6 Å². The fraction of sp³-hybridized carbons (Fsp3) is 0.294. The second-order valence-electron chi connectivity index (χ2n) is 5.73. The van der Waals surface area contributed by atoms with E-state index < -0.39 is 7.12 Å². The summed E-state index contributed by atoms with van der Waals surface area (Å²) in [7, 11) is 6.68. The van der Waals surface area contributed by atoms with E-state index >= 15 is 0 Å². The minimum atomic E-state index is -0.555. The Morgan fingerprint density at radius 1 is 0.833 bits per heavy atom. The molecule has 2 aromatic rings. The van der Waals surface area contributed by atoms with Gasteiger partial charge in [0.05, 0.1) is 28.4 Å². The molecule has 0 aromatic heterocycles. The number of hydrogen-bond acceptors (Lipinski definition) is 6. The summed E-state index contributed by atoms with van der Waals surface area (Å²) < 4.78 is 10.5. The standard InChI is InChI=1S/C17H17O2PS4/c1-18-13-7-3-11(4-8-13)16-15(21)17(20(16)22,24-23-16)12-5-9-14(19-2)10-6-12/h3-10,15,21-22H,1-2H3. The lowest BCUT2D eigenvalue weighted by Gasteiger charge is -2.56. The highest BCUT2D eigenvalue weighted by molar-refractivity contribution is 8.85. The van der Waals surface area contributed by atoms with Crippen molar-refractivity contribution < 1.29 is 9.47 Å². The molecule has 24 heavy (non-hydrogen) atoms. The highest BCUT2D eigenvalue weighted by Crippen LogP contribution is 2.99. The zero-order valence-electron chi connectivity index (χ0n) is 13.2. The summed E-state index contributed by atoms with van der Waals surface area (Å²) in [6.07, 6.45) is 0. The van der Waals surface area contributed by atoms with E-state index in [-0.39, 0.29) is 14.2 Å². The first kappa shape index (κ1) is 17.3. The molecule has 3 fully saturated rings. The normalized spacial score (nSPS) is 33.8. The van der Waals surface area contributed by atoms with E-state index in [1.165, 1.54) is 11.1 Å². The molecular formula is C17H17O2PS4. The fourth-order valence-electron chi connectivity index (χ4n) is 3.28. The van der Waals surface area contributed by atoms with Crippen LogP contribution in [0.3, 0.4) is 0 Å². The van der Waals surface area contributed by atoms with Gasteiger partial charge in [-0.1, -0.05) is 45.9 Å². The predicted molar refractivity (Wildman–Crippen MR) is 113 cm³/mol. The van der Waals surface area contributed by atoms with Crippen LogP contribution in [0, 0.1) is 0 Å². The molecule has 2 atom stereocenters. The smallest absolute Gasteiger partial charge is 0.118 e. The van der Waals surface area contributed by atoms with E-state index in [0.29, 0.717) is 0 Å². The van der Waals surface area contributed by atoms with Gasteiger partial charge >= 0.3 is 0 Å². The predicted octanol–water partition coefficient (Wildman–Crippen LogP) is 5.74. The summed E-state index contributed by atoms with van der Waals surface area (Å²) in [5.74, 6) is 1.76. The molecule has 0 amide bonds. The molecule has 126 valence electrons. The van der Waals surface area contributed by atoms with Crippen LogP contribution in [0.25, 0.3) is 0 Å². The molecule has 0 aliphatic carbocycles. The van der Waals surface area contributed by atoms with Crippen molar-refractivity contribution >= 4 is 53.6 Å². The molecule has 3 aliphatic rings. The summed E-state index contributed by atoms with van der Waals surface area (Å²) in [4.78, 5) is 0. The SMILES string of the molecule is COc1ccc(C23SSC(c4ccc(OC)cc4)(C2S)P3S)cc1. The first-order chi connectivity index (χ1) is 11.6. The molecule has 2 aromatic carbocycles. The summed E-state index contributed by atoms with van der Waals surface area (Å²) in [6.45, 7) is 0. The Morgan fingerprint density at radius 2 is 1.21 bits per heavy atom. The quantitative estimate of drug-likeness (QED) is 0.379. The highest BCUT2D eigenvalue weighted by atomic mass is 33.1. The molecule has 2 nitrogen and oxygen atoms in total. The third-order valence-corrected chi connectivity index (χ3v) is 16.9. The van der Waals surface area contributed by atoms with Crippen molar-refractivity contribution in [2.24, 2.45) is 0 Å². The van der Waals surface area contributed by atoms with Gasteiger partial charge in [0.15, 0.2) is 0 Å². The average molecular weight is 413 g/mol. The van der Waals surface area contributed by atoms with Gasteiger partial charge in [0.1, 0.15) is 11.5 Å². The number of fused-ring (bicyclic) bond motifs is 1. The van der Waals surface area contributed by atoms with E-state index in [1.54, 1.807) is 14.2 Å². The number of ether oxygens (including phenoxy) is 2. The Kier molecular flexibility index (Phi) is 4.50. The fourth-order valence-corrected chi connectivity index (χ4v) is 17.6. The van der Waals surface area contributed by atoms with E-state index in [9.17, 15) is 0 Å². The third kappa shape index (κ3) is 2.13. The van der Waals surface area contributed by atoms with Gasteiger partial charge in [-0.05, 0) is 42.5 Å². The Hall–Kier alpha value is -0.130. The van der Waals surface area contributed by atoms with E-state index in [4.69, 9.17) is 34.4 Å². The third-order valence-electron chi connectivity index (χ3n) is 4.67. The maximum absolute atomic E-state index is 5.29. The number of hydrogen-bond donors (Lipinski definition) is 2. The zero-order chi connectivity index (χ0) is 16.9. The molecule has 7 heteroatoms. The van der Waals surface area contributed by atoms with Gasteiger partial charge in [0.2, 0.25) is 0 Å². The van der Waals surface area contributed by atoms with Crippen LogP contribution in [-0.2, 0) is 8.98 Å². The Bertz CT molecular complexity index is 677. The van der Waals surface area contributed by atoms with E-state index in [0.717, 1.165) is 11.5 Å². The van der Waals surface area contributed by atoms with E-state index in [2.05, 4.69) is 24.3 Å². The lowest BCUT2D eigenvalue weighted by Crippen LogP contribution is -2.49. The van der Waals surface area contributed by atoms with Crippen molar-refractivity contribution in [3.05, 3.63) is 59.7 Å². The second-order valence-corrected chi connectivity index (χ2v) is 12.7. The van der Waals surface area contributed by atoms with Gasteiger partial charge in [-0.25, -0.2) is 0 Å². The first-order valence-corrected chi connectivity index (χ1v) is 12.6. The molecule has 3 saturated heterocycles. The topological polar surface area (TPSA) is 18.5 Å². The second kappa shape index (κ2) is 6.24. The van der Waals surface area contributed by atoms with Gasteiger partial charge in [0, 0.05) is 0 Å². The van der Waals surface area contributed by atoms with Gasteiger partial charge in [-0.15, -0.1) is 12.2 Å². The number of thiol groups is 2. The lowest BCUT2D eigenvalue weighted by atomic mass is 9.99. The van der Waals surface area contributed by atoms with Crippen LogP contribution in [0.4, 0.5) is 0 Å². The highest BCUT2D eigenvalue weighted by Gasteiger charge is 2.77. The monoisotopic (exact) mass is 412 g/mol. The molecule has 0 N–H and O–H groups in total. The van der Waals surface area contributed by atoms with Crippen molar-refractivity contribution in [1.29, 1.82) is 0 Å². The first-order valence-electron chi connectivity index (χ1n) is 7.43. The minimum absolute atomic E-state index is 0.0155. The molecule has 3 heterocycles. The lowest BCUT2D eigenvalue weighted by molar-refractivity contribution is 0.414. The summed E-state index contributed by atoms with van der Waals surface area (Å²) in [5.41, 5.74) is 2.59. The van der Waals surface area contributed by atoms with Gasteiger partial charge in [-0.2, -0.15) is 12.6 Å². The minimum Gasteiger partial charge on any atom is -0.497 e. The summed E-state index contributed by atoms with van der Waals surface area (Å²) in [5, 5.41) is 0.227. The van der Waals surface area contributed by atoms with Crippen molar-refractivity contribution in [1.82, 2.24) is 0 Å². The molecule has 0 saturated carbocycles. The van der Waals surface area contributed by atoms with Crippen LogP contribution in [-0.4, -0.2) is 19.5 Å². The molecule has 2 bridgehead atoms. The number of rotatable bonds is 4.